The lowest BCUT2D eigenvalue weighted by Gasteiger charge is -2.16. The van der Waals surface area contributed by atoms with Gasteiger partial charge in [-0.15, -0.1) is 0 Å². The molecule has 0 spiro atoms. The molecule has 84 valence electrons. The number of fused-ring (bicyclic) bond motifs is 1. The molecule has 1 aromatic carbocycles. The summed E-state index contributed by atoms with van der Waals surface area (Å²) in [6.07, 6.45) is 0.962. The molecular weight excluding hydrogens is 198 g/mol. The van der Waals surface area contributed by atoms with Gasteiger partial charge in [-0.1, -0.05) is 11.8 Å². The Hall–Kier alpha value is -1.46. The topological polar surface area (TPSA) is 21.3 Å². The lowest BCUT2D eigenvalue weighted by atomic mass is 10.0. The van der Waals surface area contributed by atoms with Crippen LogP contribution in [-0.4, -0.2) is 19.2 Å². The molecule has 0 saturated heterocycles. The fourth-order valence-electron chi connectivity index (χ4n) is 1.92. The average Bonchev–Trinajstić information content (AvgIpc) is 2.51. The van der Waals surface area contributed by atoms with Crippen LogP contribution in [-0.2, 0) is 6.42 Å². The second-order valence-corrected chi connectivity index (χ2v) is 4.69. The summed E-state index contributed by atoms with van der Waals surface area (Å²) >= 11 is 0. The molecule has 2 rings (SSSR count). The van der Waals surface area contributed by atoms with Crippen LogP contribution in [0.4, 0.5) is 0 Å². The van der Waals surface area contributed by atoms with E-state index in [1.54, 1.807) is 0 Å². The smallest absolute Gasteiger partial charge is 0.123 e. The standard InChI is InChI=1S/C14H17NO/c1-14(2)10-12-9-11(5-4-8-15-3)6-7-13(12)16-14/h6-7,9,15H,8,10H2,1-3H3. The molecule has 2 nitrogen and oxygen atoms in total. The predicted molar refractivity (Wildman–Crippen MR) is 65.7 cm³/mol. The first-order valence-electron chi connectivity index (χ1n) is 5.56. The van der Waals surface area contributed by atoms with Crippen LogP contribution in [0.2, 0.25) is 0 Å². The first-order valence-corrected chi connectivity index (χ1v) is 5.56. The van der Waals surface area contributed by atoms with Crippen LogP contribution in [0.15, 0.2) is 18.2 Å². The lowest BCUT2D eigenvalue weighted by molar-refractivity contribution is 0.138. The van der Waals surface area contributed by atoms with Gasteiger partial charge >= 0.3 is 0 Å². The van der Waals surface area contributed by atoms with E-state index in [-0.39, 0.29) is 5.60 Å². The Balaban J connectivity index is 2.20. The summed E-state index contributed by atoms with van der Waals surface area (Å²) in [4.78, 5) is 0. The van der Waals surface area contributed by atoms with E-state index < -0.39 is 0 Å². The molecular formula is C14H17NO. The van der Waals surface area contributed by atoms with E-state index in [0.29, 0.717) is 0 Å². The number of hydrogen-bond donors (Lipinski definition) is 1. The minimum atomic E-state index is -0.0701. The van der Waals surface area contributed by atoms with Crippen LogP contribution in [0.5, 0.6) is 5.75 Å². The molecule has 1 aromatic rings. The molecule has 0 unspecified atom stereocenters. The van der Waals surface area contributed by atoms with Crippen LogP contribution in [0, 0.1) is 11.8 Å². The van der Waals surface area contributed by atoms with Gasteiger partial charge in [-0.25, -0.2) is 0 Å². The van der Waals surface area contributed by atoms with Crippen LogP contribution >= 0.6 is 0 Å². The Labute approximate surface area is 97.0 Å². The van der Waals surface area contributed by atoms with Crippen LogP contribution in [0.1, 0.15) is 25.0 Å². The first-order chi connectivity index (χ1) is 7.61. The van der Waals surface area contributed by atoms with Gasteiger partial charge in [-0.05, 0) is 44.7 Å². The zero-order valence-electron chi connectivity index (χ0n) is 10.1. The van der Waals surface area contributed by atoms with Crippen LogP contribution in [0.25, 0.3) is 0 Å². The molecule has 2 heteroatoms. The third kappa shape index (κ3) is 2.37. The summed E-state index contributed by atoms with van der Waals surface area (Å²) in [6.45, 7) is 4.94. The lowest BCUT2D eigenvalue weighted by Crippen LogP contribution is -2.24. The second-order valence-electron chi connectivity index (χ2n) is 4.69. The van der Waals surface area contributed by atoms with Gasteiger partial charge in [0, 0.05) is 12.0 Å². The van der Waals surface area contributed by atoms with E-state index in [2.05, 4.69) is 37.1 Å². The van der Waals surface area contributed by atoms with Crippen molar-refractivity contribution in [3.8, 4) is 17.6 Å². The van der Waals surface area contributed by atoms with Crippen molar-refractivity contribution >= 4 is 0 Å². The van der Waals surface area contributed by atoms with Gasteiger partial charge in [-0.2, -0.15) is 0 Å². The molecule has 0 aromatic heterocycles. The van der Waals surface area contributed by atoms with Crippen molar-refractivity contribution in [1.29, 1.82) is 0 Å². The maximum atomic E-state index is 5.81. The van der Waals surface area contributed by atoms with Crippen molar-refractivity contribution in [2.75, 3.05) is 13.6 Å². The van der Waals surface area contributed by atoms with Crippen LogP contribution < -0.4 is 10.1 Å². The highest BCUT2D eigenvalue weighted by Crippen LogP contribution is 2.34. The molecule has 0 radical (unpaired) electrons. The third-order valence-electron chi connectivity index (χ3n) is 2.56. The van der Waals surface area contributed by atoms with E-state index in [1.807, 2.05) is 19.2 Å². The highest BCUT2D eigenvalue weighted by Gasteiger charge is 2.29. The quantitative estimate of drug-likeness (QED) is 0.723. The van der Waals surface area contributed by atoms with Gasteiger partial charge in [0.2, 0.25) is 0 Å². The molecule has 1 aliphatic heterocycles. The highest BCUT2D eigenvalue weighted by molar-refractivity contribution is 5.47. The highest BCUT2D eigenvalue weighted by atomic mass is 16.5. The van der Waals surface area contributed by atoms with E-state index in [1.165, 1.54) is 5.56 Å². The molecule has 0 bridgehead atoms. The third-order valence-corrected chi connectivity index (χ3v) is 2.56. The fraction of sp³-hybridized carbons (Fsp3) is 0.429. The maximum absolute atomic E-state index is 5.81. The molecule has 1 N–H and O–H groups in total. The van der Waals surface area contributed by atoms with Gasteiger partial charge in [0.1, 0.15) is 11.4 Å². The SMILES string of the molecule is CNCC#Cc1ccc2c(c1)CC(C)(C)O2. The maximum Gasteiger partial charge on any atom is 0.123 e. The Morgan fingerprint density at radius 2 is 2.25 bits per heavy atom. The summed E-state index contributed by atoms with van der Waals surface area (Å²) in [7, 11) is 1.90. The Bertz CT molecular complexity index is 452. The number of benzene rings is 1. The summed E-state index contributed by atoms with van der Waals surface area (Å²) < 4.78 is 5.81. The predicted octanol–water partition coefficient (Wildman–Crippen LogP) is 1.97. The minimum absolute atomic E-state index is 0.0701. The zero-order valence-corrected chi connectivity index (χ0v) is 10.1. The fourth-order valence-corrected chi connectivity index (χ4v) is 1.92. The monoisotopic (exact) mass is 215 g/mol. The van der Waals surface area contributed by atoms with E-state index in [9.17, 15) is 0 Å². The van der Waals surface area contributed by atoms with Gasteiger partial charge in [0.05, 0.1) is 6.54 Å². The number of nitrogens with one attached hydrogen (secondary N) is 1. The van der Waals surface area contributed by atoms with Crippen molar-refractivity contribution in [2.24, 2.45) is 0 Å². The van der Waals surface area contributed by atoms with E-state index in [4.69, 9.17) is 4.74 Å². The number of rotatable bonds is 1. The van der Waals surface area contributed by atoms with Gasteiger partial charge in [0.15, 0.2) is 0 Å². The Kier molecular flexibility index (Phi) is 2.89. The summed E-state index contributed by atoms with van der Waals surface area (Å²) in [6, 6.07) is 6.17. The zero-order chi connectivity index (χ0) is 11.6. The van der Waals surface area contributed by atoms with Crippen molar-refractivity contribution in [3.05, 3.63) is 29.3 Å². The Morgan fingerprint density at radius 3 is 3.00 bits per heavy atom. The minimum Gasteiger partial charge on any atom is -0.487 e. The number of ether oxygens (including phenoxy) is 1. The van der Waals surface area contributed by atoms with Crippen molar-refractivity contribution in [3.63, 3.8) is 0 Å². The van der Waals surface area contributed by atoms with Crippen LogP contribution in [0.3, 0.4) is 0 Å². The molecule has 0 aliphatic carbocycles. The van der Waals surface area contributed by atoms with E-state index >= 15 is 0 Å². The molecule has 0 atom stereocenters. The molecule has 0 fully saturated rings. The molecule has 0 saturated carbocycles. The van der Waals surface area contributed by atoms with Crippen molar-refractivity contribution < 1.29 is 4.74 Å². The molecule has 1 heterocycles. The summed E-state index contributed by atoms with van der Waals surface area (Å²) in [5.74, 6) is 7.20. The largest absolute Gasteiger partial charge is 0.487 e. The molecule has 16 heavy (non-hydrogen) atoms. The van der Waals surface area contributed by atoms with Crippen molar-refractivity contribution in [2.45, 2.75) is 25.9 Å². The number of hydrogen-bond acceptors (Lipinski definition) is 2. The van der Waals surface area contributed by atoms with Gasteiger partial charge in [0.25, 0.3) is 0 Å². The van der Waals surface area contributed by atoms with Crippen molar-refractivity contribution in [1.82, 2.24) is 5.32 Å². The van der Waals surface area contributed by atoms with Gasteiger partial charge < -0.3 is 10.1 Å². The summed E-state index contributed by atoms with van der Waals surface area (Å²) in [5, 5.41) is 3.01. The second kappa shape index (κ2) is 4.19. The normalized spacial score (nSPS) is 15.9. The average molecular weight is 215 g/mol. The van der Waals surface area contributed by atoms with Gasteiger partial charge in [-0.3, -0.25) is 0 Å². The Morgan fingerprint density at radius 1 is 1.44 bits per heavy atom. The summed E-state index contributed by atoms with van der Waals surface area (Å²) in [5.41, 5.74) is 2.26. The van der Waals surface area contributed by atoms with E-state index in [0.717, 1.165) is 24.3 Å². The first kappa shape index (κ1) is 11.0. The molecule has 1 aliphatic rings. The molecule has 0 amide bonds.